The summed E-state index contributed by atoms with van der Waals surface area (Å²) in [5, 5.41) is 0. The lowest BCUT2D eigenvalue weighted by Gasteiger charge is -2.10. The van der Waals surface area contributed by atoms with Crippen LogP contribution in [0.3, 0.4) is 0 Å². The second kappa shape index (κ2) is 5.28. The highest BCUT2D eigenvalue weighted by Crippen LogP contribution is 2.29. The van der Waals surface area contributed by atoms with Gasteiger partial charge in [0.25, 0.3) is 0 Å². The molecule has 0 spiro atoms. The zero-order valence-electron chi connectivity index (χ0n) is 9.82. The molecule has 0 fully saturated rings. The Hall–Kier alpha value is -2.44. The lowest BCUT2D eigenvalue weighted by atomic mass is 10.0. The van der Waals surface area contributed by atoms with E-state index >= 15 is 0 Å². The SMILES string of the molecule is O=Cc1cc(F)ncc1-c1cccc(OC(F)(F)F)c1. The first kappa shape index (κ1) is 14.0. The Bertz CT molecular complexity index is 641. The molecule has 3 nitrogen and oxygen atoms in total. The summed E-state index contributed by atoms with van der Waals surface area (Å²) in [4.78, 5) is 14.2. The number of rotatable bonds is 3. The standard InChI is InChI=1S/C13H7F4NO2/c14-12-5-9(7-19)11(6-18-12)8-2-1-3-10(4-8)20-13(15,16)17/h1-7H. The van der Waals surface area contributed by atoms with Gasteiger partial charge in [0, 0.05) is 23.4 Å². The molecule has 7 heteroatoms. The van der Waals surface area contributed by atoms with Crippen LogP contribution < -0.4 is 4.74 Å². The van der Waals surface area contributed by atoms with Gasteiger partial charge in [-0.25, -0.2) is 4.98 Å². The van der Waals surface area contributed by atoms with E-state index in [0.717, 1.165) is 24.4 Å². The molecule has 20 heavy (non-hydrogen) atoms. The Labute approximate surface area is 110 Å². The van der Waals surface area contributed by atoms with Crippen molar-refractivity contribution in [1.82, 2.24) is 4.98 Å². The van der Waals surface area contributed by atoms with E-state index in [-0.39, 0.29) is 16.7 Å². The number of nitrogens with zero attached hydrogens (tertiary/aromatic N) is 1. The van der Waals surface area contributed by atoms with Gasteiger partial charge in [-0.15, -0.1) is 13.2 Å². The van der Waals surface area contributed by atoms with Gasteiger partial charge >= 0.3 is 6.36 Å². The number of halogens is 4. The molecule has 0 aliphatic carbocycles. The Morgan fingerprint density at radius 3 is 2.60 bits per heavy atom. The van der Waals surface area contributed by atoms with E-state index in [1.165, 1.54) is 12.1 Å². The van der Waals surface area contributed by atoms with Crippen LogP contribution in [-0.2, 0) is 0 Å². The van der Waals surface area contributed by atoms with Crippen LogP contribution in [0.2, 0.25) is 0 Å². The third kappa shape index (κ3) is 3.31. The maximum absolute atomic E-state index is 12.9. The van der Waals surface area contributed by atoms with Crippen molar-refractivity contribution >= 4 is 6.29 Å². The van der Waals surface area contributed by atoms with Crippen LogP contribution in [0.15, 0.2) is 36.5 Å². The molecule has 0 aliphatic heterocycles. The minimum atomic E-state index is -4.81. The van der Waals surface area contributed by atoms with Crippen molar-refractivity contribution in [2.45, 2.75) is 6.36 Å². The molecule has 0 N–H and O–H groups in total. The number of alkyl halides is 3. The van der Waals surface area contributed by atoms with Gasteiger partial charge in [0.1, 0.15) is 5.75 Å². The summed E-state index contributed by atoms with van der Waals surface area (Å²) >= 11 is 0. The highest BCUT2D eigenvalue weighted by Gasteiger charge is 2.31. The first-order valence-corrected chi connectivity index (χ1v) is 5.36. The molecule has 0 saturated carbocycles. The number of pyridine rings is 1. The molecule has 0 unspecified atom stereocenters. The molecular weight excluding hydrogens is 278 g/mol. The van der Waals surface area contributed by atoms with Gasteiger partial charge in [-0.1, -0.05) is 12.1 Å². The van der Waals surface area contributed by atoms with Gasteiger partial charge in [0.05, 0.1) is 0 Å². The van der Waals surface area contributed by atoms with Crippen LogP contribution >= 0.6 is 0 Å². The number of aldehydes is 1. The molecular formula is C13H7F4NO2. The second-order valence-electron chi connectivity index (χ2n) is 3.79. The van der Waals surface area contributed by atoms with Crippen LogP contribution in [0.25, 0.3) is 11.1 Å². The third-order valence-corrected chi connectivity index (χ3v) is 2.41. The van der Waals surface area contributed by atoms with Gasteiger partial charge in [-0.05, 0) is 17.7 Å². The molecule has 104 valence electrons. The quantitative estimate of drug-likeness (QED) is 0.491. The van der Waals surface area contributed by atoms with Crippen LogP contribution in [-0.4, -0.2) is 17.6 Å². The van der Waals surface area contributed by atoms with E-state index in [2.05, 4.69) is 9.72 Å². The van der Waals surface area contributed by atoms with Crippen molar-refractivity contribution in [2.24, 2.45) is 0 Å². The Balaban J connectivity index is 2.43. The number of hydrogen-bond acceptors (Lipinski definition) is 3. The molecule has 2 aromatic rings. The molecule has 0 atom stereocenters. The molecule has 1 heterocycles. The van der Waals surface area contributed by atoms with E-state index in [9.17, 15) is 22.4 Å². The van der Waals surface area contributed by atoms with Gasteiger partial charge < -0.3 is 4.74 Å². The molecule has 1 aromatic heterocycles. The molecule has 0 bridgehead atoms. The largest absolute Gasteiger partial charge is 0.573 e. The van der Waals surface area contributed by atoms with E-state index in [1.54, 1.807) is 0 Å². The molecule has 1 aromatic carbocycles. The minimum absolute atomic E-state index is 0.0124. The van der Waals surface area contributed by atoms with E-state index in [1.807, 2.05) is 0 Å². The van der Waals surface area contributed by atoms with Crippen molar-refractivity contribution < 1.29 is 27.1 Å². The van der Waals surface area contributed by atoms with Gasteiger partial charge in [0.15, 0.2) is 6.29 Å². The monoisotopic (exact) mass is 285 g/mol. The normalized spacial score (nSPS) is 11.2. The number of hydrogen-bond donors (Lipinski definition) is 0. The molecule has 0 saturated heterocycles. The zero-order chi connectivity index (χ0) is 14.8. The first-order chi connectivity index (χ1) is 9.39. The summed E-state index contributed by atoms with van der Waals surface area (Å²) < 4.78 is 53.1. The fourth-order valence-corrected chi connectivity index (χ4v) is 1.64. The van der Waals surface area contributed by atoms with Crippen LogP contribution in [0.4, 0.5) is 17.6 Å². The van der Waals surface area contributed by atoms with Gasteiger partial charge in [-0.2, -0.15) is 4.39 Å². The molecule has 0 amide bonds. The van der Waals surface area contributed by atoms with Gasteiger partial charge in [0.2, 0.25) is 5.95 Å². The van der Waals surface area contributed by atoms with Crippen molar-refractivity contribution in [3.63, 3.8) is 0 Å². The zero-order valence-corrected chi connectivity index (χ0v) is 9.82. The fourth-order valence-electron chi connectivity index (χ4n) is 1.64. The molecule has 0 radical (unpaired) electrons. The van der Waals surface area contributed by atoms with E-state index in [0.29, 0.717) is 6.29 Å². The third-order valence-electron chi connectivity index (χ3n) is 2.41. The number of benzene rings is 1. The lowest BCUT2D eigenvalue weighted by molar-refractivity contribution is -0.274. The Kier molecular flexibility index (Phi) is 3.69. The summed E-state index contributed by atoms with van der Waals surface area (Å²) in [6.07, 6.45) is -3.34. The highest BCUT2D eigenvalue weighted by atomic mass is 19.4. The first-order valence-electron chi connectivity index (χ1n) is 5.36. The summed E-state index contributed by atoms with van der Waals surface area (Å²) in [5.41, 5.74) is 0.469. The Morgan fingerprint density at radius 2 is 1.95 bits per heavy atom. The van der Waals surface area contributed by atoms with Crippen LogP contribution in [0.1, 0.15) is 10.4 Å². The maximum Gasteiger partial charge on any atom is 0.573 e. The average molecular weight is 285 g/mol. The smallest absolute Gasteiger partial charge is 0.406 e. The van der Waals surface area contributed by atoms with Crippen LogP contribution in [0.5, 0.6) is 5.75 Å². The van der Waals surface area contributed by atoms with E-state index in [4.69, 9.17) is 0 Å². The number of ether oxygens (including phenoxy) is 1. The van der Waals surface area contributed by atoms with Crippen molar-refractivity contribution in [3.8, 4) is 16.9 Å². The second-order valence-corrected chi connectivity index (χ2v) is 3.79. The summed E-state index contributed by atoms with van der Waals surface area (Å²) in [6, 6.07) is 5.91. The number of carbonyl (C=O) groups is 1. The van der Waals surface area contributed by atoms with Crippen molar-refractivity contribution in [1.29, 1.82) is 0 Å². The predicted octanol–water partition coefficient (Wildman–Crippen LogP) is 3.60. The molecule has 0 aliphatic rings. The number of carbonyl (C=O) groups excluding carboxylic acids is 1. The molecule has 2 rings (SSSR count). The topological polar surface area (TPSA) is 39.2 Å². The fraction of sp³-hybridized carbons (Fsp3) is 0.0769. The summed E-state index contributed by atoms with van der Waals surface area (Å²) in [5.74, 6) is -1.28. The predicted molar refractivity (Wildman–Crippen MR) is 61.7 cm³/mol. The average Bonchev–Trinajstić information content (AvgIpc) is 2.36. The van der Waals surface area contributed by atoms with Crippen LogP contribution in [0, 0.1) is 5.95 Å². The summed E-state index contributed by atoms with van der Waals surface area (Å²) in [7, 11) is 0. The van der Waals surface area contributed by atoms with Gasteiger partial charge in [-0.3, -0.25) is 4.79 Å². The highest BCUT2D eigenvalue weighted by molar-refractivity contribution is 5.87. The lowest BCUT2D eigenvalue weighted by Crippen LogP contribution is -2.17. The van der Waals surface area contributed by atoms with Crippen molar-refractivity contribution in [2.75, 3.05) is 0 Å². The number of aromatic nitrogens is 1. The minimum Gasteiger partial charge on any atom is -0.406 e. The maximum atomic E-state index is 12.9. The van der Waals surface area contributed by atoms with E-state index < -0.39 is 18.1 Å². The summed E-state index contributed by atoms with van der Waals surface area (Å²) in [6.45, 7) is 0. The Morgan fingerprint density at radius 1 is 1.20 bits per heavy atom. The van der Waals surface area contributed by atoms with Crippen molar-refractivity contribution in [3.05, 3.63) is 48.0 Å².